The number of benzene rings is 1. The van der Waals surface area contributed by atoms with Gasteiger partial charge >= 0.3 is 0 Å². The average Bonchev–Trinajstić information content (AvgIpc) is 3.18. The van der Waals surface area contributed by atoms with Crippen molar-refractivity contribution in [2.24, 2.45) is 7.05 Å². The van der Waals surface area contributed by atoms with Crippen molar-refractivity contribution in [3.63, 3.8) is 0 Å². The average molecular weight is 344 g/mol. The summed E-state index contributed by atoms with van der Waals surface area (Å²) in [4.78, 5) is 0. The number of hydrogen-bond acceptors (Lipinski definition) is 2. The highest BCUT2D eigenvalue weighted by atomic mass is 79.9. The van der Waals surface area contributed by atoms with Crippen molar-refractivity contribution < 1.29 is 4.74 Å². The van der Waals surface area contributed by atoms with Gasteiger partial charge in [-0.2, -0.15) is 0 Å². The van der Waals surface area contributed by atoms with Gasteiger partial charge in [-0.25, -0.2) is 0 Å². The molecule has 0 bridgehead atoms. The van der Waals surface area contributed by atoms with Crippen LogP contribution in [0.25, 0.3) is 10.9 Å². The van der Waals surface area contributed by atoms with Crippen LogP contribution < -0.4 is 10.1 Å². The van der Waals surface area contributed by atoms with Gasteiger partial charge in [-0.15, -0.1) is 0 Å². The van der Waals surface area contributed by atoms with E-state index < -0.39 is 0 Å². The minimum atomic E-state index is 0.643. The second-order valence-electron chi connectivity index (χ2n) is 4.98. The Hall–Kier alpha value is -0.710. The molecule has 5 heteroatoms. The van der Waals surface area contributed by atoms with Crippen molar-refractivity contribution >= 4 is 38.4 Å². The van der Waals surface area contributed by atoms with E-state index in [0.29, 0.717) is 16.8 Å². The summed E-state index contributed by atoms with van der Waals surface area (Å²) in [6.45, 7) is 0.871. The molecule has 0 unspecified atom stereocenters. The molecule has 3 nitrogen and oxygen atoms in total. The monoisotopic (exact) mass is 342 g/mol. The summed E-state index contributed by atoms with van der Waals surface area (Å²) in [5.74, 6) is 0.710. The van der Waals surface area contributed by atoms with Crippen LogP contribution in [0, 0.1) is 0 Å². The molecule has 1 fully saturated rings. The van der Waals surface area contributed by atoms with Gasteiger partial charge in [0, 0.05) is 35.2 Å². The van der Waals surface area contributed by atoms with Gasteiger partial charge in [0.2, 0.25) is 0 Å². The summed E-state index contributed by atoms with van der Waals surface area (Å²) in [6, 6.07) is 4.65. The van der Waals surface area contributed by atoms with Gasteiger partial charge in [0.05, 0.1) is 17.6 Å². The van der Waals surface area contributed by atoms with Crippen molar-refractivity contribution in [1.82, 2.24) is 9.88 Å². The number of aryl methyl sites for hydroxylation is 1. The maximum absolute atomic E-state index is 6.21. The first-order valence-corrected chi connectivity index (χ1v) is 7.52. The minimum absolute atomic E-state index is 0.643. The third-order valence-electron chi connectivity index (χ3n) is 3.66. The molecule has 2 aromatic rings. The Morgan fingerprint density at radius 2 is 2.21 bits per heavy atom. The van der Waals surface area contributed by atoms with Crippen molar-refractivity contribution in [3.8, 4) is 5.75 Å². The van der Waals surface area contributed by atoms with Crippen LogP contribution in [0.5, 0.6) is 5.75 Å². The lowest BCUT2D eigenvalue weighted by Gasteiger charge is -2.06. The molecule has 0 saturated heterocycles. The molecule has 1 aromatic carbocycles. The topological polar surface area (TPSA) is 26.2 Å². The molecule has 1 aliphatic rings. The van der Waals surface area contributed by atoms with Gasteiger partial charge in [-0.05, 0) is 40.9 Å². The zero-order chi connectivity index (χ0) is 13.6. The summed E-state index contributed by atoms with van der Waals surface area (Å²) in [5, 5.41) is 5.32. The number of hydrogen-bond donors (Lipinski definition) is 1. The zero-order valence-corrected chi connectivity index (χ0v) is 13.3. The quantitative estimate of drug-likeness (QED) is 0.912. The Balaban J connectivity index is 2.06. The van der Waals surface area contributed by atoms with Crippen LogP contribution in [0.2, 0.25) is 5.02 Å². The number of halogens is 2. The molecule has 0 radical (unpaired) electrons. The first kappa shape index (κ1) is 13.3. The van der Waals surface area contributed by atoms with Gasteiger partial charge in [-0.3, -0.25) is 0 Å². The third-order valence-corrected chi connectivity index (χ3v) is 4.84. The van der Waals surface area contributed by atoms with E-state index in [0.717, 1.165) is 21.9 Å². The smallest absolute Gasteiger partial charge is 0.138 e. The lowest BCUT2D eigenvalue weighted by atomic mass is 10.2. The number of methoxy groups -OCH3 is 1. The zero-order valence-electron chi connectivity index (χ0n) is 11.0. The molecule has 0 atom stereocenters. The molecule has 102 valence electrons. The van der Waals surface area contributed by atoms with Crippen LogP contribution in [0.3, 0.4) is 0 Å². The normalized spacial score (nSPS) is 15.2. The first-order valence-electron chi connectivity index (χ1n) is 6.35. The fourth-order valence-corrected chi connectivity index (χ4v) is 3.28. The molecule has 1 aliphatic carbocycles. The van der Waals surface area contributed by atoms with Gasteiger partial charge < -0.3 is 14.6 Å². The molecule has 1 heterocycles. The van der Waals surface area contributed by atoms with Crippen LogP contribution in [0.1, 0.15) is 18.5 Å². The molecule has 1 aromatic heterocycles. The molecule has 1 N–H and O–H groups in total. The van der Waals surface area contributed by atoms with E-state index in [4.69, 9.17) is 16.3 Å². The molecular weight excluding hydrogens is 328 g/mol. The van der Waals surface area contributed by atoms with E-state index in [-0.39, 0.29) is 0 Å². The molecular formula is C14H16BrClN2O. The van der Waals surface area contributed by atoms with Crippen molar-refractivity contribution in [1.29, 1.82) is 0 Å². The molecule has 0 aliphatic heterocycles. The van der Waals surface area contributed by atoms with Crippen LogP contribution in [0.4, 0.5) is 0 Å². The fraction of sp³-hybridized carbons (Fsp3) is 0.429. The van der Waals surface area contributed by atoms with E-state index >= 15 is 0 Å². The summed E-state index contributed by atoms with van der Waals surface area (Å²) in [7, 11) is 3.71. The highest BCUT2D eigenvalue weighted by molar-refractivity contribution is 9.10. The van der Waals surface area contributed by atoms with Gasteiger partial charge in [0.15, 0.2) is 0 Å². The van der Waals surface area contributed by atoms with Crippen molar-refractivity contribution in [3.05, 3.63) is 27.3 Å². The van der Waals surface area contributed by atoms with Crippen LogP contribution in [0.15, 0.2) is 16.6 Å². The van der Waals surface area contributed by atoms with Gasteiger partial charge in [0.25, 0.3) is 0 Å². The Morgan fingerprint density at radius 1 is 1.47 bits per heavy atom. The van der Waals surface area contributed by atoms with E-state index in [1.807, 2.05) is 12.1 Å². The molecule has 19 heavy (non-hydrogen) atoms. The van der Waals surface area contributed by atoms with Gasteiger partial charge in [0.1, 0.15) is 5.75 Å². The summed E-state index contributed by atoms with van der Waals surface area (Å²) in [6.07, 6.45) is 2.59. The van der Waals surface area contributed by atoms with E-state index in [2.05, 4.69) is 32.9 Å². The molecule has 3 rings (SSSR count). The minimum Gasteiger partial charge on any atom is -0.495 e. The largest absolute Gasteiger partial charge is 0.495 e. The maximum Gasteiger partial charge on any atom is 0.138 e. The molecule has 0 spiro atoms. The van der Waals surface area contributed by atoms with Crippen LogP contribution in [-0.4, -0.2) is 17.7 Å². The predicted octanol–water partition coefficient (Wildman–Crippen LogP) is 3.85. The highest BCUT2D eigenvalue weighted by Crippen LogP contribution is 2.37. The second-order valence-corrected chi connectivity index (χ2v) is 6.18. The van der Waals surface area contributed by atoms with E-state index in [1.54, 1.807) is 7.11 Å². The second kappa shape index (κ2) is 5.00. The van der Waals surface area contributed by atoms with Crippen LogP contribution >= 0.6 is 27.5 Å². The van der Waals surface area contributed by atoms with E-state index in [9.17, 15) is 0 Å². The lowest BCUT2D eigenvalue weighted by Crippen LogP contribution is -2.17. The SMILES string of the molecule is COc1cc2c(Br)c(CNC3CC3)n(C)c2cc1Cl. The molecule has 1 saturated carbocycles. The number of nitrogens with one attached hydrogen (secondary N) is 1. The highest BCUT2D eigenvalue weighted by Gasteiger charge is 2.22. The maximum atomic E-state index is 6.21. The Kier molecular flexibility index (Phi) is 3.50. The Bertz CT molecular complexity index is 634. The van der Waals surface area contributed by atoms with E-state index in [1.165, 1.54) is 18.5 Å². The lowest BCUT2D eigenvalue weighted by molar-refractivity contribution is 0.415. The van der Waals surface area contributed by atoms with Gasteiger partial charge in [-0.1, -0.05) is 11.6 Å². The standard InChI is InChI=1S/C14H16BrClN2O/c1-18-11-6-10(16)13(19-2)5-9(11)14(15)12(18)7-17-8-3-4-8/h5-6,8,17H,3-4,7H2,1-2H3. The van der Waals surface area contributed by atoms with Crippen molar-refractivity contribution in [2.75, 3.05) is 7.11 Å². The Labute approximate surface area is 126 Å². The fourth-order valence-electron chi connectivity index (χ4n) is 2.33. The summed E-state index contributed by atoms with van der Waals surface area (Å²) < 4.78 is 8.59. The predicted molar refractivity (Wildman–Crippen MR) is 82.0 cm³/mol. The summed E-state index contributed by atoms with van der Waals surface area (Å²) in [5.41, 5.74) is 2.36. The van der Waals surface area contributed by atoms with Crippen molar-refractivity contribution in [2.45, 2.75) is 25.4 Å². The number of ether oxygens (including phenoxy) is 1. The third kappa shape index (κ3) is 2.37. The summed E-state index contributed by atoms with van der Waals surface area (Å²) >= 11 is 9.91. The number of rotatable bonds is 4. The number of fused-ring (bicyclic) bond motifs is 1. The first-order chi connectivity index (χ1) is 9.11. The Morgan fingerprint density at radius 3 is 2.84 bits per heavy atom. The number of aromatic nitrogens is 1. The molecule has 0 amide bonds. The van der Waals surface area contributed by atoms with Crippen LogP contribution in [-0.2, 0) is 13.6 Å². The number of nitrogens with zero attached hydrogens (tertiary/aromatic N) is 1.